The lowest BCUT2D eigenvalue weighted by Gasteiger charge is -2.13. The quantitative estimate of drug-likeness (QED) is 0.508. The highest BCUT2D eigenvalue weighted by molar-refractivity contribution is 6.06. The summed E-state index contributed by atoms with van der Waals surface area (Å²) in [4.78, 5) is 24.8. The molecule has 0 spiro atoms. The Balaban J connectivity index is 1.62. The summed E-state index contributed by atoms with van der Waals surface area (Å²) in [5, 5.41) is 14.7. The van der Waals surface area contributed by atoms with Crippen molar-refractivity contribution in [2.75, 3.05) is 0 Å². The number of hydrogen-bond acceptors (Lipinski definition) is 4. The van der Waals surface area contributed by atoms with Crippen LogP contribution in [0.25, 0.3) is 0 Å². The summed E-state index contributed by atoms with van der Waals surface area (Å²) in [5.74, 6) is -0.476. The molecule has 1 N–H and O–H groups in total. The van der Waals surface area contributed by atoms with Gasteiger partial charge in [0.25, 0.3) is 11.8 Å². The second kappa shape index (κ2) is 4.28. The first-order valence-corrected chi connectivity index (χ1v) is 7.05. The van der Waals surface area contributed by atoms with Crippen LogP contribution in [0, 0.1) is 23.7 Å². The summed E-state index contributed by atoms with van der Waals surface area (Å²) in [6.45, 7) is 0. The monoisotopic (exact) mass is 282 g/mol. The standard InChI is InChI=1S/C16H14N2O3/c19-12-4-2-1-3-11(12)8-17-18-15(20)13-9-5-6-10(7-9)14(13)16(18)21/h1-6,8-10,13-14,19H,7H2/b17-8-/t9-,10-,13+,14+/m0/s1. The van der Waals surface area contributed by atoms with Gasteiger partial charge in [0.2, 0.25) is 0 Å². The van der Waals surface area contributed by atoms with E-state index in [-0.39, 0.29) is 41.2 Å². The predicted octanol–water partition coefficient (Wildman–Crippen LogP) is 1.53. The van der Waals surface area contributed by atoms with Gasteiger partial charge in [0.1, 0.15) is 5.75 Å². The molecule has 1 saturated carbocycles. The SMILES string of the molecule is O=C1[C@H]2[C@H](C(=O)N1/N=C\c1ccccc1O)[C@H]1C=C[C@H]2C1. The highest BCUT2D eigenvalue weighted by Crippen LogP contribution is 2.52. The molecule has 0 unspecified atom stereocenters. The number of benzene rings is 1. The van der Waals surface area contributed by atoms with E-state index in [1.165, 1.54) is 12.3 Å². The second-order valence-electron chi connectivity index (χ2n) is 5.79. The number of amides is 2. The van der Waals surface area contributed by atoms with Crippen molar-refractivity contribution in [2.45, 2.75) is 6.42 Å². The first-order valence-electron chi connectivity index (χ1n) is 7.05. The van der Waals surface area contributed by atoms with Gasteiger partial charge in [0.15, 0.2) is 0 Å². The molecule has 2 bridgehead atoms. The Labute approximate surface area is 121 Å². The van der Waals surface area contributed by atoms with Gasteiger partial charge in [-0.05, 0) is 30.4 Å². The fourth-order valence-corrected chi connectivity index (χ4v) is 3.72. The Morgan fingerprint density at radius 3 is 2.33 bits per heavy atom. The Hall–Kier alpha value is -2.43. The number of phenolic OH excluding ortho intramolecular Hbond substituents is 1. The maximum atomic E-state index is 12.4. The largest absolute Gasteiger partial charge is 0.507 e. The van der Waals surface area contributed by atoms with Crippen LogP contribution in [0.3, 0.4) is 0 Å². The van der Waals surface area contributed by atoms with Gasteiger partial charge in [-0.15, -0.1) is 0 Å². The first kappa shape index (κ1) is 12.3. The van der Waals surface area contributed by atoms with E-state index in [0.717, 1.165) is 11.4 Å². The van der Waals surface area contributed by atoms with Crippen LogP contribution in [0.5, 0.6) is 5.75 Å². The van der Waals surface area contributed by atoms with Crippen molar-refractivity contribution in [1.29, 1.82) is 0 Å². The van der Waals surface area contributed by atoms with Crippen LogP contribution in [0.2, 0.25) is 0 Å². The van der Waals surface area contributed by atoms with Crippen LogP contribution >= 0.6 is 0 Å². The highest BCUT2D eigenvalue weighted by atomic mass is 16.3. The Kier molecular flexibility index (Phi) is 2.51. The van der Waals surface area contributed by atoms with Crippen molar-refractivity contribution in [3.63, 3.8) is 0 Å². The molecule has 1 aliphatic heterocycles. The third kappa shape index (κ3) is 1.67. The molecule has 2 amide bonds. The van der Waals surface area contributed by atoms with E-state index >= 15 is 0 Å². The van der Waals surface area contributed by atoms with Crippen molar-refractivity contribution >= 4 is 18.0 Å². The number of para-hydroxylation sites is 1. The molecule has 3 aliphatic rings. The zero-order valence-corrected chi connectivity index (χ0v) is 11.2. The lowest BCUT2D eigenvalue weighted by atomic mass is 9.85. The molecule has 106 valence electrons. The molecule has 0 aromatic heterocycles. The first-order chi connectivity index (χ1) is 10.2. The number of fused-ring (bicyclic) bond motifs is 5. The fraction of sp³-hybridized carbons (Fsp3) is 0.312. The van der Waals surface area contributed by atoms with E-state index in [9.17, 15) is 14.7 Å². The van der Waals surface area contributed by atoms with Gasteiger partial charge in [-0.25, -0.2) is 0 Å². The summed E-state index contributed by atoms with van der Waals surface area (Å²) in [7, 11) is 0. The van der Waals surface area contributed by atoms with Crippen molar-refractivity contribution in [2.24, 2.45) is 28.8 Å². The molecule has 1 saturated heterocycles. The van der Waals surface area contributed by atoms with Gasteiger partial charge in [0.05, 0.1) is 18.1 Å². The number of hydrogen-bond donors (Lipinski definition) is 1. The smallest absolute Gasteiger partial charge is 0.254 e. The van der Waals surface area contributed by atoms with E-state index in [0.29, 0.717) is 5.56 Å². The topological polar surface area (TPSA) is 70.0 Å². The maximum absolute atomic E-state index is 12.4. The molecule has 1 aromatic rings. The minimum atomic E-state index is -0.242. The fourth-order valence-electron chi connectivity index (χ4n) is 3.72. The van der Waals surface area contributed by atoms with Gasteiger partial charge < -0.3 is 5.11 Å². The number of carbonyl (C=O) groups excluding carboxylic acids is 2. The number of imide groups is 1. The average molecular weight is 282 g/mol. The molecule has 5 nitrogen and oxygen atoms in total. The summed E-state index contributed by atoms with van der Waals surface area (Å²) in [5.41, 5.74) is 0.483. The van der Waals surface area contributed by atoms with E-state index in [2.05, 4.69) is 5.10 Å². The van der Waals surface area contributed by atoms with Crippen LogP contribution in [0.1, 0.15) is 12.0 Å². The normalized spacial score (nSPS) is 33.4. The van der Waals surface area contributed by atoms with Crippen LogP contribution in [0.15, 0.2) is 41.5 Å². The average Bonchev–Trinajstić information content (AvgIpc) is 3.14. The summed E-state index contributed by atoms with van der Waals surface area (Å²) < 4.78 is 0. The molecule has 4 atom stereocenters. The number of carbonyl (C=O) groups is 2. The van der Waals surface area contributed by atoms with Gasteiger partial charge in [-0.1, -0.05) is 24.3 Å². The minimum Gasteiger partial charge on any atom is -0.507 e. The number of allylic oxidation sites excluding steroid dienone is 2. The third-order valence-corrected chi connectivity index (χ3v) is 4.70. The van der Waals surface area contributed by atoms with E-state index in [1.807, 2.05) is 12.2 Å². The van der Waals surface area contributed by atoms with E-state index in [4.69, 9.17) is 0 Å². The van der Waals surface area contributed by atoms with E-state index < -0.39 is 0 Å². The molecule has 0 radical (unpaired) electrons. The summed E-state index contributed by atoms with van der Waals surface area (Å²) in [6.07, 6.45) is 6.37. The Morgan fingerprint density at radius 1 is 1.10 bits per heavy atom. The van der Waals surface area contributed by atoms with Crippen molar-refractivity contribution in [3.05, 3.63) is 42.0 Å². The third-order valence-electron chi connectivity index (χ3n) is 4.70. The molecule has 2 aliphatic carbocycles. The lowest BCUT2D eigenvalue weighted by Crippen LogP contribution is -2.28. The highest BCUT2D eigenvalue weighted by Gasteiger charge is 2.59. The molecule has 4 rings (SSSR count). The summed E-state index contributed by atoms with van der Waals surface area (Å²) >= 11 is 0. The maximum Gasteiger partial charge on any atom is 0.254 e. The van der Waals surface area contributed by atoms with Crippen molar-refractivity contribution in [3.8, 4) is 5.75 Å². The zero-order valence-electron chi connectivity index (χ0n) is 11.2. The van der Waals surface area contributed by atoms with E-state index in [1.54, 1.807) is 18.2 Å². The molecule has 5 heteroatoms. The zero-order chi connectivity index (χ0) is 14.6. The molecular formula is C16H14N2O3. The van der Waals surface area contributed by atoms with Gasteiger partial charge in [-0.3, -0.25) is 9.59 Å². The lowest BCUT2D eigenvalue weighted by molar-refractivity contribution is -0.140. The predicted molar refractivity (Wildman–Crippen MR) is 75.3 cm³/mol. The molecule has 2 fully saturated rings. The van der Waals surface area contributed by atoms with Gasteiger partial charge >= 0.3 is 0 Å². The second-order valence-corrected chi connectivity index (χ2v) is 5.79. The summed E-state index contributed by atoms with van der Waals surface area (Å²) in [6, 6.07) is 6.67. The number of phenols is 1. The number of hydrazone groups is 1. The minimum absolute atomic E-state index is 0.0716. The Bertz CT molecular complexity index is 665. The van der Waals surface area contributed by atoms with Crippen LogP contribution in [0.4, 0.5) is 0 Å². The van der Waals surface area contributed by atoms with Crippen molar-refractivity contribution < 1.29 is 14.7 Å². The molecule has 1 aromatic carbocycles. The van der Waals surface area contributed by atoms with Crippen LogP contribution in [-0.2, 0) is 9.59 Å². The van der Waals surface area contributed by atoms with Gasteiger partial charge in [0, 0.05) is 5.56 Å². The van der Waals surface area contributed by atoms with Crippen molar-refractivity contribution in [1.82, 2.24) is 5.01 Å². The number of aromatic hydroxyl groups is 1. The van der Waals surface area contributed by atoms with Gasteiger partial charge in [-0.2, -0.15) is 10.1 Å². The number of rotatable bonds is 2. The molecule has 21 heavy (non-hydrogen) atoms. The molecular weight excluding hydrogens is 268 g/mol. The Morgan fingerprint density at radius 2 is 1.71 bits per heavy atom. The number of nitrogens with zero attached hydrogens (tertiary/aromatic N) is 2. The van der Waals surface area contributed by atoms with Crippen LogP contribution in [-0.4, -0.2) is 28.1 Å². The molecule has 1 heterocycles. The van der Waals surface area contributed by atoms with Crippen LogP contribution < -0.4 is 0 Å².